The zero-order valence-corrected chi connectivity index (χ0v) is 10.8. The summed E-state index contributed by atoms with van der Waals surface area (Å²) in [6.07, 6.45) is 1.86. The number of carbonyl (C=O) groups excluding carboxylic acids is 1. The molecule has 1 aromatic heterocycles. The number of halogens is 1. The van der Waals surface area contributed by atoms with Crippen LogP contribution in [0.4, 0.5) is 0 Å². The van der Waals surface area contributed by atoms with Crippen LogP contribution >= 0.6 is 15.9 Å². The van der Waals surface area contributed by atoms with E-state index in [1.54, 1.807) is 4.68 Å². The molecule has 1 heterocycles. The average molecular weight is 274 g/mol. The molecule has 0 saturated carbocycles. The molecule has 1 amide bonds. The fraction of sp³-hybridized carbons (Fsp3) is 0.600. The van der Waals surface area contributed by atoms with Gasteiger partial charge in [-0.05, 0) is 12.0 Å². The van der Waals surface area contributed by atoms with Crippen molar-refractivity contribution in [2.75, 3.05) is 0 Å². The van der Waals surface area contributed by atoms with Gasteiger partial charge in [-0.25, -0.2) is 0 Å². The van der Waals surface area contributed by atoms with E-state index in [9.17, 15) is 4.79 Å². The van der Waals surface area contributed by atoms with Gasteiger partial charge in [-0.3, -0.25) is 9.48 Å². The number of rotatable bonds is 4. The quantitative estimate of drug-likeness (QED) is 0.845. The van der Waals surface area contributed by atoms with E-state index in [1.165, 1.54) is 0 Å². The topological polar surface area (TPSA) is 46.9 Å². The second-order valence-corrected chi connectivity index (χ2v) is 4.83. The van der Waals surface area contributed by atoms with E-state index in [4.69, 9.17) is 0 Å². The van der Waals surface area contributed by atoms with Crippen molar-refractivity contribution in [2.45, 2.75) is 25.2 Å². The van der Waals surface area contributed by atoms with E-state index in [2.05, 4.69) is 26.3 Å². The Balaban J connectivity index is 2.40. The van der Waals surface area contributed by atoms with Gasteiger partial charge in [-0.1, -0.05) is 29.8 Å². The standard InChI is InChI=1S/C10H16BrN3O/c1-7(2)9(11)10(15)12-6-8-4-5-14(3)13-8/h4-5,7,9H,6H2,1-3H3,(H,12,15). The van der Waals surface area contributed by atoms with Crippen LogP contribution in [0.2, 0.25) is 0 Å². The van der Waals surface area contributed by atoms with Crippen molar-refractivity contribution in [1.29, 1.82) is 0 Å². The first-order valence-corrected chi connectivity index (χ1v) is 5.82. The lowest BCUT2D eigenvalue weighted by Crippen LogP contribution is -2.33. The average Bonchev–Trinajstić information content (AvgIpc) is 2.59. The molecular formula is C10H16BrN3O. The second-order valence-electron chi connectivity index (χ2n) is 3.84. The van der Waals surface area contributed by atoms with Gasteiger partial charge in [0.2, 0.25) is 5.91 Å². The summed E-state index contributed by atoms with van der Waals surface area (Å²) < 4.78 is 1.72. The maximum Gasteiger partial charge on any atom is 0.234 e. The van der Waals surface area contributed by atoms with Gasteiger partial charge in [-0.15, -0.1) is 0 Å². The van der Waals surface area contributed by atoms with Gasteiger partial charge in [0, 0.05) is 13.2 Å². The molecular weight excluding hydrogens is 258 g/mol. The monoisotopic (exact) mass is 273 g/mol. The fourth-order valence-corrected chi connectivity index (χ4v) is 1.30. The maximum absolute atomic E-state index is 11.6. The second kappa shape index (κ2) is 5.30. The third-order valence-electron chi connectivity index (χ3n) is 2.05. The van der Waals surface area contributed by atoms with E-state index in [0.717, 1.165) is 5.69 Å². The number of carbonyl (C=O) groups is 1. The van der Waals surface area contributed by atoms with Crippen molar-refractivity contribution in [3.8, 4) is 0 Å². The molecule has 0 aliphatic rings. The summed E-state index contributed by atoms with van der Waals surface area (Å²) in [5.41, 5.74) is 0.870. The number of alkyl halides is 1. The predicted octanol–water partition coefficient (Wildman–Crippen LogP) is 1.46. The van der Waals surface area contributed by atoms with Crippen molar-refractivity contribution < 1.29 is 4.79 Å². The lowest BCUT2D eigenvalue weighted by atomic mass is 10.1. The Labute approximate surface area is 98.2 Å². The molecule has 5 heteroatoms. The first kappa shape index (κ1) is 12.2. The molecule has 0 bridgehead atoms. The number of amides is 1. The zero-order chi connectivity index (χ0) is 11.4. The molecule has 1 unspecified atom stereocenters. The van der Waals surface area contributed by atoms with Crippen LogP contribution in [0.25, 0.3) is 0 Å². The highest BCUT2D eigenvalue weighted by Crippen LogP contribution is 2.11. The van der Waals surface area contributed by atoms with Crippen molar-refractivity contribution in [3.63, 3.8) is 0 Å². The largest absolute Gasteiger partial charge is 0.349 e. The van der Waals surface area contributed by atoms with Crippen LogP contribution in [0.1, 0.15) is 19.5 Å². The molecule has 0 radical (unpaired) electrons. The molecule has 0 fully saturated rings. The minimum Gasteiger partial charge on any atom is -0.349 e. The van der Waals surface area contributed by atoms with Gasteiger partial charge in [0.15, 0.2) is 0 Å². The number of nitrogens with zero attached hydrogens (tertiary/aromatic N) is 2. The Morgan fingerprint density at radius 3 is 2.80 bits per heavy atom. The number of aromatic nitrogens is 2. The Morgan fingerprint density at radius 2 is 2.33 bits per heavy atom. The minimum absolute atomic E-state index is 0.00986. The highest BCUT2D eigenvalue weighted by Gasteiger charge is 2.17. The number of aryl methyl sites for hydroxylation is 1. The van der Waals surface area contributed by atoms with E-state index in [1.807, 2.05) is 33.2 Å². The molecule has 0 aliphatic heterocycles. The number of hydrogen-bond acceptors (Lipinski definition) is 2. The molecule has 1 atom stereocenters. The van der Waals surface area contributed by atoms with Crippen LogP contribution < -0.4 is 5.32 Å². The molecule has 84 valence electrons. The van der Waals surface area contributed by atoms with E-state index >= 15 is 0 Å². The zero-order valence-electron chi connectivity index (χ0n) is 9.20. The summed E-state index contributed by atoms with van der Waals surface area (Å²) >= 11 is 3.35. The third-order valence-corrected chi connectivity index (χ3v) is 3.52. The molecule has 4 nitrogen and oxygen atoms in total. The lowest BCUT2D eigenvalue weighted by Gasteiger charge is -2.12. The van der Waals surface area contributed by atoms with Gasteiger partial charge in [0.05, 0.1) is 17.1 Å². The highest BCUT2D eigenvalue weighted by atomic mass is 79.9. The van der Waals surface area contributed by atoms with Crippen LogP contribution in [-0.2, 0) is 18.4 Å². The van der Waals surface area contributed by atoms with Crippen LogP contribution in [-0.4, -0.2) is 20.5 Å². The Morgan fingerprint density at radius 1 is 1.67 bits per heavy atom. The lowest BCUT2D eigenvalue weighted by molar-refractivity contribution is -0.121. The molecule has 1 rings (SSSR count). The number of hydrogen-bond donors (Lipinski definition) is 1. The van der Waals surface area contributed by atoms with Crippen LogP contribution in [0.15, 0.2) is 12.3 Å². The predicted molar refractivity (Wildman–Crippen MR) is 62.6 cm³/mol. The highest BCUT2D eigenvalue weighted by molar-refractivity contribution is 9.10. The summed E-state index contributed by atoms with van der Waals surface area (Å²) in [5.74, 6) is 0.296. The normalized spacial score (nSPS) is 12.9. The van der Waals surface area contributed by atoms with Gasteiger partial charge >= 0.3 is 0 Å². The van der Waals surface area contributed by atoms with Gasteiger partial charge in [-0.2, -0.15) is 5.10 Å². The van der Waals surface area contributed by atoms with Gasteiger partial charge < -0.3 is 5.32 Å². The van der Waals surface area contributed by atoms with Crippen molar-refractivity contribution in [1.82, 2.24) is 15.1 Å². The van der Waals surface area contributed by atoms with E-state index in [0.29, 0.717) is 6.54 Å². The van der Waals surface area contributed by atoms with Crippen LogP contribution in [0.3, 0.4) is 0 Å². The van der Waals surface area contributed by atoms with Crippen LogP contribution in [0.5, 0.6) is 0 Å². The maximum atomic E-state index is 11.6. The molecule has 0 aliphatic carbocycles. The van der Waals surface area contributed by atoms with Crippen molar-refractivity contribution in [3.05, 3.63) is 18.0 Å². The number of nitrogens with one attached hydrogen (secondary N) is 1. The van der Waals surface area contributed by atoms with E-state index < -0.39 is 0 Å². The smallest absolute Gasteiger partial charge is 0.234 e. The Kier molecular flexibility index (Phi) is 4.32. The van der Waals surface area contributed by atoms with E-state index in [-0.39, 0.29) is 16.7 Å². The molecule has 0 spiro atoms. The first-order chi connectivity index (χ1) is 7.00. The van der Waals surface area contributed by atoms with Crippen molar-refractivity contribution >= 4 is 21.8 Å². The molecule has 1 aromatic rings. The van der Waals surface area contributed by atoms with Crippen molar-refractivity contribution in [2.24, 2.45) is 13.0 Å². The molecule has 1 N–H and O–H groups in total. The summed E-state index contributed by atoms with van der Waals surface area (Å²) in [5, 5.41) is 7.01. The summed E-state index contributed by atoms with van der Waals surface area (Å²) in [4.78, 5) is 11.4. The van der Waals surface area contributed by atoms with Gasteiger partial charge in [0.25, 0.3) is 0 Å². The Hall–Kier alpha value is -0.840. The SMILES string of the molecule is CC(C)C(Br)C(=O)NCc1ccn(C)n1. The Bertz CT molecular complexity index is 335. The first-order valence-electron chi connectivity index (χ1n) is 4.91. The van der Waals surface area contributed by atoms with Gasteiger partial charge in [0.1, 0.15) is 0 Å². The molecule has 0 aromatic carbocycles. The summed E-state index contributed by atoms with van der Waals surface area (Å²) in [6, 6.07) is 1.89. The molecule has 15 heavy (non-hydrogen) atoms. The van der Waals surface area contributed by atoms with Crippen LogP contribution in [0, 0.1) is 5.92 Å². The third kappa shape index (κ3) is 3.66. The molecule has 0 saturated heterocycles. The summed E-state index contributed by atoms with van der Waals surface area (Å²) in [6.45, 7) is 4.48. The minimum atomic E-state index is -0.138. The fourth-order valence-electron chi connectivity index (χ4n) is 1.14. The summed E-state index contributed by atoms with van der Waals surface area (Å²) in [7, 11) is 1.85.